The van der Waals surface area contributed by atoms with E-state index in [0.29, 0.717) is 0 Å². The van der Waals surface area contributed by atoms with Crippen LogP contribution in [-0.4, -0.2) is 39.0 Å². The molecule has 1 rings (SSSR count). The summed E-state index contributed by atoms with van der Waals surface area (Å²) in [6.45, 7) is 0. The zero-order chi connectivity index (χ0) is 13.2. The van der Waals surface area contributed by atoms with Crippen molar-refractivity contribution in [3.05, 3.63) is 34.9 Å². The molecule has 0 saturated carbocycles. The number of ketones is 1. The Hall–Kier alpha value is -2.70. The summed E-state index contributed by atoms with van der Waals surface area (Å²) in [7, 11) is 0. The Balaban J connectivity index is 3.45. The van der Waals surface area contributed by atoms with E-state index in [1.54, 1.807) is 0 Å². The summed E-state index contributed by atoms with van der Waals surface area (Å²) >= 11 is 0. The third-order valence-corrected chi connectivity index (χ3v) is 1.94. The van der Waals surface area contributed by atoms with Gasteiger partial charge in [-0.15, -0.1) is 0 Å². The number of hydrogen-bond donors (Lipinski definition) is 3. The van der Waals surface area contributed by atoms with E-state index in [1.165, 1.54) is 0 Å². The van der Waals surface area contributed by atoms with Crippen LogP contribution in [-0.2, 0) is 4.79 Å². The third-order valence-electron chi connectivity index (χ3n) is 1.94. The normalized spacial score (nSPS) is 9.65. The van der Waals surface area contributed by atoms with Crippen LogP contribution in [0.15, 0.2) is 18.2 Å². The number of carbonyl (C=O) groups excluding carboxylic acids is 1. The van der Waals surface area contributed by atoms with Crippen molar-refractivity contribution in [2.75, 3.05) is 0 Å². The maximum Gasteiger partial charge on any atom is 0.377 e. The summed E-state index contributed by atoms with van der Waals surface area (Å²) in [4.78, 5) is 43.0. The van der Waals surface area contributed by atoms with Gasteiger partial charge in [0.1, 0.15) is 0 Å². The molecule has 1 aromatic rings. The van der Waals surface area contributed by atoms with Gasteiger partial charge in [-0.25, -0.2) is 14.4 Å². The highest BCUT2D eigenvalue weighted by atomic mass is 16.4. The van der Waals surface area contributed by atoms with E-state index in [0.717, 1.165) is 18.2 Å². The predicted molar refractivity (Wildman–Crippen MR) is 52.3 cm³/mol. The van der Waals surface area contributed by atoms with Crippen LogP contribution in [0.2, 0.25) is 0 Å². The van der Waals surface area contributed by atoms with E-state index in [-0.39, 0.29) is 5.56 Å². The van der Waals surface area contributed by atoms with Crippen molar-refractivity contribution in [2.24, 2.45) is 0 Å². The summed E-state index contributed by atoms with van der Waals surface area (Å²) in [6.07, 6.45) is 0. The van der Waals surface area contributed by atoms with Gasteiger partial charge in [0.15, 0.2) is 0 Å². The number of carboxylic acids is 3. The Morgan fingerprint density at radius 3 is 1.82 bits per heavy atom. The lowest BCUT2D eigenvalue weighted by atomic mass is 10.0. The van der Waals surface area contributed by atoms with Crippen molar-refractivity contribution < 1.29 is 34.5 Å². The molecule has 0 heterocycles. The Morgan fingerprint density at radius 2 is 1.41 bits per heavy atom. The molecule has 7 heteroatoms. The molecule has 7 nitrogen and oxygen atoms in total. The van der Waals surface area contributed by atoms with E-state index in [2.05, 4.69) is 0 Å². The summed E-state index contributed by atoms with van der Waals surface area (Å²) in [5.74, 6) is -6.21. The number of benzene rings is 1. The van der Waals surface area contributed by atoms with Gasteiger partial charge in [0.25, 0.3) is 5.78 Å². The van der Waals surface area contributed by atoms with Crippen LogP contribution < -0.4 is 0 Å². The molecule has 0 aliphatic rings. The molecule has 0 amide bonds. The second kappa shape index (κ2) is 4.44. The van der Waals surface area contributed by atoms with E-state index in [4.69, 9.17) is 15.3 Å². The fourth-order valence-electron chi connectivity index (χ4n) is 1.17. The van der Waals surface area contributed by atoms with Gasteiger partial charge in [-0.1, -0.05) is 0 Å². The zero-order valence-electron chi connectivity index (χ0n) is 8.21. The second-order valence-corrected chi connectivity index (χ2v) is 3.00. The smallest absolute Gasteiger partial charge is 0.377 e. The maximum atomic E-state index is 11.2. The average Bonchev–Trinajstić information content (AvgIpc) is 2.26. The van der Waals surface area contributed by atoms with Crippen molar-refractivity contribution in [3.8, 4) is 0 Å². The average molecular weight is 238 g/mol. The zero-order valence-corrected chi connectivity index (χ0v) is 8.21. The standard InChI is InChI=1S/C10H6O7/c11-7(10(16)17)6-3-4(8(12)13)1-2-5(6)9(14)15/h1-3H,(H,12,13)(H,14,15)(H,16,17). The highest BCUT2D eigenvalue weighted by Gasteiger charge is 2.23. The first-order valence-electron chi connectivity index (χ1n) is 4.23. The molecule has 0 bridgehead atoms. The highest BCUT2D eigenvalue weighted by Crippen LogP contribution is 2.13. The van der Waals surface area contributed by atoms with E-state index in [9.17, 15) is 19.2 Å². The van der Waals surface area contributed by atoms with E-state index < -0.39 is 34.8 Å². The van der Waals surface area contributed by atoms with Crippen molar-refractivity contribution in [1.82, 2.24) is 0 Å². The number of Topliss-reactive ketones (excluding diaryl/α,β-unsaturated/α-hetero) is 1. The van der Waals surface area contributed by atoms with Crippen molar-refractivity contribution in [2.45, 2.75) is 0 Å². The monoisotopic (exact) mass is 238 g/mol. The summed E-state index contributed by atoms with van der Waals surface area (Å²) in [6, 6.07) is 2.58. The van der Waals surface area contributed by atoms with Gasteiger partial charge < -0.3 is 15.3 Å². The van der Waals surface area contributed by atoms with Crippen LogP contribution >= 0.6 is 0 Å². The fraction of sp³-hybridized carbons (Fsp3) is 0. The Morgan fingerprint density at radius 1 is 0.824 bits per heavy atom. The minimum Gasteiger partial charge on any atom is -0.478 e. The Kier molecular flexibility index (Phi) is 3.23. The van der Waals surface area contributed by atoms with Crippen LogP contribution in [0.3, 0.4) is 0 Å². The number of aromatic carboxylic acids is 2. The lowest BCUT2D eigenvalue weighted by Gasteiger charge is -2.03. The minimum atomic E-state index is -1.85. The number of aliphatic carboxylic acids is 1. The topological polar surface area (TPSA) is 129 Å². The Labute approximate surface area is 93.9 Å². The summed E-state index contributed by atoms with van der Waals surface area (Å²) < 4.78 is 0. The van der Waals surface area contributed by atoms with Crippen LogP contribution in [0.1, 0.15) is 31.1 Å². The molecule has 0 unspecified atom stereocenters. The van der Waals surface area contributed by atoms with Crippen LogP contribution in [0.4, 0.5) is 0 Å². The SMILES string of the molecule is O=C(O)C(=O)c1cc(C(=O)O)ccc1C(=O)O. The second-order valence-electron chi connectivity index (χ2n) is 3.00. The molecule has 0 fully saturated rings. The Bertz CT molecular complexity index is 529. The molecule has 0 radical (unpaired) electrons. The van der Waals surface area contributed by atoms with Crippen molar-refractivity contribution in [3.63, 3.8) is 0 Å². The number of carbonyl (C=O) groups is 4. The molecule has 0 aliphatic heterocycles. The maximum absolute atomic E-state index is 11.2. The minimum absolute atomic E-state index is 0.361. The van der Waals surface area contributed by atoms with Crippen molar-refractivity contribution in [1.29, 1.82) is 0 Å². The number of rotatable bonds is 4. The predicted octanol–water partition coefficient (Wildman–Crippen LogP) is 0.350. The van der Waals surface area contributed by atoms with Crippen LogP contribution in [0.5, 0.6) is 0 Å². The fourth-order valence-corrected chi connectivity index (χ4v) is 1.17. The van der Waals surface area contributed by atoms with Gasteiger partial charge >= 0.3 is 17.9 Å². The number of carboxylic acid groups (broad SMARTS) is 3. The van der Waals surface area contributed by atoms with Gasteiger partial charge in [0.05, 0.1) is 11.1 Å². The van der Waals surface area contributed by atoms with Gasteiger partial charge in [-0.3, -0.25) is 4.79 Å². The molecule has 3 N–H and O–H groups in total. The molecule has 0 aliphatic carbocycles. The number of hydrogen-bond acceptors (Lipinski definition) is 4. The summed E-state index contributed by atoms with van der Waals surface area (Å²) in [5, 5.41) is 25.9. The lowest BCUT2D eigenvalue weighted by molar-refractivity contribution is -0.131. The van der Waals surface area contributed by atoms with Gasteiger partial charge in [0.2, 0.25) is 0 Å². The van der Waals surface area contributed by atoms with Gasteiger partial charge in [-0.2, -0.15) is 0 Å². The van der Waals surface area contributed by atoms with E-state index >= 15 is 0 Å². The third kappa shape index (κ3) is 2.46. The molecule has 17 heavy (non-hydrogen) atoms. The molecule has 1 aromatic carbocycles. The van der Waals surface area contributed by atoms with Crippen LogP contribution in [0, 0.1) is 0 Å². The lowest BCUT2D eigenvalue weighted by Crippen LogP contribution is -2.18. The van der Waals surface area contributed by atoms with Crippen LogP contribution in [0.25, 0.3) is 0 Å². The molecule has 0 atom stereocenters. The first kappa shape index (κ1) is 12.4. The molecular formula is C10H6O7. The molecule has 0 spiro atoms. The quantitative estimate of drug-likeness (QED) is 0.509. The summed E-state index contributed by atoms with van der Waals surface area (Å²) in [5.41, 5.74) is -1.58. The molecule has 0 saturated heterocycles. The molecule has 88 valence electrons. The first-order valence-corrected chi connectivity index (χ1v) is 4.23. The first-order chi connectivity index (χ1) is 7.84. The largest absolute Gasteiger partial charge is 0.478 e. The molecule has 0 aromatic heterocycles. The van der Waals surface area contributed by atoms with E-state index in [1.807, 2.05) is 0 Å². The van der Waals surface area contributed by atoms with Gasteiger partial charge in [0, 0.05) is 5.56 Å². The highest BCUT2D eigenvalue weighted by molar-refractivity contribution is 6.41. The molecular weight excluding hydrogens is 232 g/mol. The van der Waals surface area contributed by atoms with Gasteiger partial charge in [-0.05, 0) is 18.2 Å². The van der Waals surface area contributed by atoms with Crippen molar-refractivity contribution >= 4 is 23.7 Å².